The number of carbonyl (C=O) groups excluding carboxylic acids is 1. The van der Waals surface area contributed by atoms with E-state index in [1.807, 2.05) is 0 Å². The highest BCUT2D eigenvalue weighted by molar-refractivity contribution is 8.14. The molecule has 1 N–H and O–H groups in total. The van der Waals surface area contributed by atoms with Gasteiger partial charge in [0.1, 0.15) is 0 Å². The Kier molecular flexibility index (Phi) is 5.24. The number of unbranched alkanes of at least 4 members (excludes halogenated alkanes) is 1. The van der Waals surface area contributed by atoms with E-state index in [1.54, 1.807) is 24.3 Å². The van der Waals surface area contributed by atoms with Crippen molar-refractivity contribution < 1.29 is 4.79 Å². The summed E-state index contributed by atoms with van der Waals surface area (Å²) in [5.74, 6) is -0.352. The Morgan fingerprint density at radius 2 is 2.32 bits per heavy atom. The minimum absolute atomic E-state index is 0.220. The second kappa shape index (κ2) is 6.93. The zero-order chi connectivity index (χ0) is 13.7. The summed E-state index contributed by atoms with van der Waals surface area (Å²) in [6.07, 6.45) is 3.29. The van der Waals surface area contributed by atoms with Gasteiger partial charge in [-0.05, 0) is 18.6 Å². The van der Waals surface area contributed by atoms with Crippen LogP contribution < -0.4 is 10.9 Å². The van der Waals surface area contributed by atoms with E-state index in [0.717, 1.165) is 19.3 Å². The van der Waals surface area contributed by atoms with Crippen molar-refractivity contribution in [2.24, 2.45) is 4.99 Å². The maximum Gasteiger partial charge on any atom is 0.281 e. The zero-order valence-corrected chi connectivity index (χ0v) is 12.2. The first kappa shape index (κ1) is 14.4. The topological polar surface area (TPSA) is 55.6 Å². The van der Waals surface area contributed by atoms with Crippen molar-refractivity contribution in [2.75, 3.05) is 0 Å². The molecule has 0 aromatic heterocycles. The normalized spacial score (nSPS) is 20.5. The number of amides is 1. The Morgan fingerprint density at radius 1 is 1.53 bits per heavy atom. The molecule has 1 heterocycles. The van der Waals surface area contributed by atoms with Gasteiger partial charge in [0.05, 0.1) is 16.0 Å². The molecule has 6 heteroatoms. The molecule has 0 spiro atoms. The lowest BCUT2D eigenvalue weighted by atomic mass is 10.2. The number of halogens is 1. The fourth-order valence-corrected chi connectivity index (χ4v) is 2.76. The Hall–Kier alpha value is -1.04. The second-order valence-electron chi connectivity index (χ2n) is 4.17. The molecule has 0 bridgehead atoms. The molecule has 1 aliphatic heterocycles. The van der Waals surface area contributed by atoms with Gasteiger partial charge in [-0.25, -0.2) is 0 Å². The average Bonchev–Trinajstić information content (AvgIpc) is 2.84. The van der Waals surface area contributed by atoms with E-state index in [1.165, 1.54) is 11.8 Å². The van der Waals surface area contributed by atoms with Crippen LogP contribution in [0.25, 0.3) is 0 Å². The van der Waals surface area contributed by atoms with Gasteiger partial charge in [-0.15, -0.1) is 0 Å². The molecule has 4 nitrogen and oxygen atoms in total. The summed E-state index contributed by atoms with van der Waals surface area (Å²) in [7, 11) is 0. The van der Waals surface area contributed by atoms with Crippen LogP contribution in [-0.2, 0) is 0 Å². The first-order chi connectivity index (χ1) is 9.20. The molecule has 2 rings (SSSR count). The SMILES string of the molecule is CCCCC1N[N]C(=NC(=O)c2ccccc2Cl)S1. The Labute approximate surface area is 122 Å². The highest BCUT2D eigenvalue weighted by atomic mass is 35.5. The highest BCUT2D eigenvalue weighted by Gasteiger charge is 2.23. The molecular weight excluding hydrogens is 282 g/mol. The zero-order valence-electron chi connectivity index (χ0n) is 10.6. The third kappa shape index (κ3) is 3.96. The van der Waals surface area contributed by atoms with E-state index in [4.69, 9.17) is 11.6 Å². The lowest BCUT2D eigenvalue weighted by molar-refractivity contribution is 0.100. The fourth-order valence-electron chi connectivity index (χ4n) is 1.65. The standard InChI is InChI=1S/C13H15ClN3OS/c1-2-3-8-11-16-17-13(19-11)15-12(18)9-6-4-5-7-10(9)14/h4-7,11,16H,2-3,8H2,1H3. The molecule has 19 heavy (non-hydrogen) atoms. The Balaban J connectivity index is 1.99. The van der Waals surface area contributed by atoms with Crippen molar-refractivity contribution in [3.05, 3.63) is 34.9 Å². The van der Waals surface area contributed by atoms with E-state index in [9.17, 15) is 4.79 Å². The van der Waals surface area contributed by atoms with Gasteiger partial charge in [-0.2, -0.15) is 15.8 Å². The molecule has 0 saturated carbocycles. The lowest BCUT2D eigenvalue weighted by Crippen LogP contribution is -2.25. The predicted octanol–water partition coefficient (Wildman–Crippen LogP) is 3.21. The van der Waals surface area contributed by atoms with Crippen LogP contribution in [0.1, 0.15) is 36.5 Å². The number of carbonyl (C=O) groups is 1. The number of hydrogen-bond donors (Lipinski definition) is 1. The summed E-state index contributed by atoms with van der Waals surface area (Å²) in [5, 5.41) is 1.11. The number of thioether (sulfide) groups is 1. The van der Waals surface area contributed by atoms with Gasteiger partial charge in [-0.3, -0.25) is 4.79 Å². The number of hydrogen-bond acceptors (Lipinski definition) is 3. The van der Waals surface area contributed by atoms with Crippen molar-refractivity contribution in [3.8, 4) is 0 Å². The molecule has 1 aliphatic rings. The van der Waals surface area contributed by atoms with Crippen molar-refractivity contribution >= 4 is 34.4 Å². The maximum atomic E-state index is 12.0. The first-order valence-electron chi connectivity index (χ1n) is 6.21. The van der Waals surface area contributed by atoms with Crippen LogP contribution in [0.15, 0.2) is 29.3 Å². The molecule has 1 amide bonds. The minimum Gasteiger partial charge on any atom is -0.267 e. The van der Waals surface area contributed by atoms with Gasteiger partial charge in [0.2, 0.25) is 5.17 Å². The van der Waals surface area contributed by atoms with E-state index in [-0.39, 0.29) is 11.3 Å². The van der Waals surface area contributed by atoms with Gasteiger partial charge < -0.3 is 0 Å². The molecule has 1 atom stereocenters. The maximum absolute atomic E-state index is 12.0. The van der Waals surface area contributed by atoms with Gasteiger partial charge >= 0.3 is 0 Å². The largest absolute Gasteiger partial charge is 0.281 e. The van der Waals surface area contributed by atoms with Crippen LogP contribution in [0, 0.1) is 0 Å². The fraction of sp³-hybridized carbons (Fsp3) is 0.385. The number of benzene rings is 1. The quantitative estimate of drug-likeness (QED) is 0.928. The number of rotatable bonds is 4. The molecule has 1 fully saturated rings. The molecule has 1 aromatic carbocycles. The number of aliphatic imine (C=N–C) groups is 1. The van der Waals surface area contributed by atoms with E-state index >= 15 is 0 Å². The summed E-state index contributed by atoms with van der Waals surface area (Å²) in [6, 6.07) is 6.89. The summed E-state index contributed by atoms with van der Waals surface area (Å²) in [4.78, 5) is 16.0. The third-order valence-corrected chi connectivity index (χ3v) is 4.02. The first-order valence-corrected chi connectivity index (χ1v) is 7.47. The monoisotopic (exact) mass is 296 g/mol. The second-order valence-corrected chi connectivity index (χ2v) is 5.75. The van der Waals surface area contributed by atoms with Crippen LogP contribution in [0.4, 0.5) is 0 Å². The Morgan fingerprint density at radius 3 is 3.05 bits per heavy atom. The summed E-state index contributed by atoms with van der Waals surface area (Å²) >= 11 is 7.45. The molecular formula is C13H15ClN3OS. The van der Waals surface area contributed by atoms with Gasteiger partial charge in [0, 0.05) is 0 Å². The van der Waals surface area contributed by atoms with Gasteiger partial charge in [0.15, 0.2) is 0 Å². The van der Waals surface area contributed by atoms with Crippen LogP contribution in [0.2, 0.25) is 5.02 Å². The van der Waals surface area contributed by atoms with Crippen molar-refractivity contribution in [1.29, 1.82) is 0 Å². The summed E-state index contributed by atoms with van der Waals surface area (Å²) in [6.45, 7) is 2.15. The number of amidine groups is 1. The highest BCUT2D eigenvalue weighted by Crippen LogP contribution is 2.22. The predicted molar refractivity (Wildman–Crippen MR) is 79.4 cm³/mol. The summed E-state index contributed by atoms with van der Waals surface area (Å²) < 4.78 is 0. The van der Waals surface area contributed by atoms with Crippen molar-refractivity contribution in [2.45, 2.75) is 31.6 Å². The van der Waals surface area contributed by atoms with Crippen LogP contribution in [-0.4, -0.2) is 16.4 Å². The van der Waals surface area contributed by atoms with Crippen molar-refractivity contribution in [3.63, 3.8) is 0 Å². The molecule has 1 saturated heterocycles. The average molecular weight is 297 g/mol. The molecule has 0 aliphatic carbocycles. The van der Waals surface area contributed by atoms with Crippen molar-refractivity contribution in [1.82, 2.24) is 10.9 Å². The van der Waals surface area contributed by atoms with Crippen LogP contribution in [0.3, 0.4) is 0 Å². The summed E-state index contributed by atoms with van der Waals surface area (Å²) in [5.41, 5.74) is 7.46. The number of nitrogens with zero attached hydrogens (tertiary/aromatic N) is 2. The minimum atomic E-state index is -0.352. The van der Waals surface area contributed by atoms with Crippen LogP contribution >= 0.6 is 23.4 Å². The molecule has 101 valence electrons. The lowest BCUT2D eigenvalue weighted by Gasteiger charge is -2.03. The molecule has 1 unspecified atom stereocenters. The smallest absolute Gasteiger partial charge is 0.267 e. The molecule has 1 aromatic rings. The van der Waals surface area contributed by atoms with Crippen LogP contribution in [0.5, 0.6) is 0 Å². The number of nitrogens with one attached hydrogen (secondary N) is 1. The Bertz CT molecular complexity index is 493. The van der Waals surface area contributed by atoms with E-state index < -0.39 is 0 Å². The van der Waals surface area contributed by atoms with E-state index in [2.05, 4.69) is 22.8 Å². The van der Waals surface area contributed by atoms with Gasteiger partial charge in [-0.1, -0.05) is 55.3 Å². The van der Waals surface area contributed by atoms with Gasteiger partial charge in [0.25, 0.3) is 5.91 Å². The van der Waals surface area contributed by atoms with E-state index in [0.29, 0.717) is 15.8 Å². The third-order valence-electron chi connectivity index (χ3n) is 2.67. The molecule has 1 radical (unpaired) electrons.